The Bertz CT molecular complexity index is 512. The van der Waals surface area contributed by atoms with E-state index in [0.29, 0.717) is 0 Å². The SMILES string of the molecule is COC1=CC(OC)(OC)C(Cc2ccc(OC)cc2)C=C1. The van der Waals surface area contributed by atoms with Gasteiger partial charge in [0.2, 0.25) is 0 Å². The molecule has 1 aliphatic carbocycles. The first-order chi connectivity index (χ1) is 10.2. The lowest BCUT2D eigenvalue weighted by Gasteiger charge is -2.36. The van der Waals surface area contributed by atoms with Crippen molar-refractivity contribution in [2.75, 3.05) is 28.4 Å². The zero-order valence-corrected chi connectivity index (χ0v) is 13.0. The van der Waals surface area contributed by atoms with Crippen LogP contribution in [0.25, 0.3) is 0 Å². The van der Waals surface area contributed by atoms with E-state index in [1.165, 1.54) is 5.56 Å². The number of ether oxygens (including phenoxy) is 4. The minimum atomic E-state index is -0.806. The molecule has 0 heterocycles. The average molecular weight is 290 g/mol. The maximum Gasteiger partial charge on any atom is 0.197 e. The van der Waals surface area contributed by atoms with Gasteiger partial charge in [0.15, 0.2) is 5.79 Å². The molecule has 4 heteroatoms. The highest BCUT2D eigenvalue weighted by Crippen LogP contribution is 2.34. The highest BCUT2D eigenvalue weighted by molar-refractivity contribution is 5.31. The molecule has 1 aromatic carbocycles. The number of methoxy groups -OCH3 is 4. The summed E-state index contributed by atoms with van der Waals surface area (Å²) in [7, 11) is 6.59. The van der Waals surface area contributed by atoms with Gasteiger partial charge in [-0.3, -0.25) is 0 Å². The van der Waals surface area contributed by atoms with Gasteiger partial charge in [0.1, 0.15) is 11.5 Å². The lowest BCUT2D eigenvalue weighted by Crippen LogP contribution is -2.42. The van der Waals surface area contributed by atoms with Crippen LogP contribution in [-0.2, 0) is 20.6 Å². The summed E-state index contributed by atoms with van der Waals surface area (Å²) < 4.78 is 21.7. The molecule has 0 fully saturated rings. The highest BCUT2D eigenvalue weighted by atomic mass is 16.7. The molecule has 21 heavy (non-hydrogen) atoms. The minimum Gasteiger partial charge on any atom is -0.497 e. The summed E-state index contributed by atoms with van der Waals surface area (Å²) >= 11 is 0. The Kier molecular flexibility index (Phi) is 5.04. The molecule has 0 aromatic heterocycles. The quantitative estimate of drug-likeness (QED) is 0.755. The van der Waals surface area contributed by atoms with Gasteiger partial charge < -0.3 is 18.9 Å². The molecule has 0 radical (unpaired) electrons. The molecule has 0 aliphatic heterocycles. The van der Waals surface area contributed by atoms with Crippen LogP contribution >= 0.6 is 0 Å². The third-order valence-electron chi connectivity index (χ3n) is 3.84. The van der Waals surface area contributed by atoms with E-state index < -0.39 is 5.79 Å². The van der Waals surface area contributed by atoms with Crippen LogP contribution in [0.2, 0.25) is 0 Å². The van der Waals surface area contributed by atoms with Crippen molar-refractivity contribution in [3.05, 3.63) is 53.8 Å². The van der Waals surface area contributed by atoms with E-state index in [4.69, 9.17) is 18.9 Å². The van der Waals surface area contributed by atoms with E-state index in [2.05, 4.69) is 18.2 Å². The van der Waals surface area contributed by atoms with Crippen LogP contribution in [-0.4, -0.2) is 34.2 Å². The molecular weight excluding hydrogens is 268 g/mol. The van der Waals surface area contributed by atoms with Gasteiger partial charge in [0.05, 0.1) is 14.2 Å². The molecular formula is C17H22O4. The summed E-state index contributed by atoms with van der Waals surface area (Å²) in [6.45, 7) is 0. The third-order valence-corrected chi connectivity index (χ3v) is 3.84. The van der Waals surface area contributed by atoms with Crippen molar-refractivity contribution in [3.63, 3.8) is 0 Å². The van der Waals surface area contributed by atoms with Crippen molar-refractivity contribution in [2.45, 2.75) is 12.2 Å². The zero-order valence-electron chi connectivity index (χ0n) is 13.0. The lowest BCUT2D eigenvalue weighted by molar-refractivity contribution is -0.196. The molecule has 0 saturated heterocycles. The second-order valence-corrected chi connectivity index (χ2v) is 4.90. The fourth-order valence-corrected chi connectivity index (χ4v) is 2.56. The van der Waals surface area contributed by atoms with E-state index in [1.54, 1.807) is 28.4 Å². The van der Waals surface area contributed by atoms with Crippen LogP contribution in [0.3, 0.4) is 0 Å². The number of benzene rings is 1. The summed E-state index contributed by atoms with van der Waals surface area (Å²) in [6.07, 6.45) is 6.69. The van der Waals surface area contributed by atoms with E-state index in [9.17, 15) is 0 Å². The van der Waals surface area contributed by atoms with Gasteiger partial charge in [0, 0.05) is 26.2 Å². The smallest absolute Gasteiger partial charge is 0.197 e. The Morgan fingerprint density at radius 2 is 1.62 bits per heavy atom. The molecule has 1 atom stereocenters. The van der Waals surface area contributed by atoms with Crippen LogP contribution < -0.4 is 4.74 Å². The molecule has 114 valence electrons. The van der Waals surface area contributed by atoms with Crippen molar-refractivity contribution in [3.8, 4) is 5.75 Å². The Balaban J connectivity index is 2.21. The highest BCUT2D eigenvalue weighted by Gasteiger charge is 2.38. The lowest BCUT2D eigenvalue weighted by atomic mass is 9.87. The Morgan fingerprint density at radius 3 is 2.14 bits per heavy atom. The standard InChI is InChI=1S/C17H22O4/c1-18-15-8-5-13(6-9-15)11-14-7-10-16(19-2)12-17(14,20-3)21-4/h5-10,12,14H,11H2,1-4H3. The van der Waals surface area contributed by atoms with Gasteiger partial charge in [-0.05, 0) is 30.2 Å². The molecule has 4 nitrogen and oxygen atoms in total. The van der Waals surface area contributed by atoms with Crippen molar-refractivity contribution in [1.29, 1.82) is 0 Å². The van der Waals surface area contributed by atoms with Crippen LogP contribution in [0.4, 0.5) is 0 Å². The zero-order chi connectivity index (χ0) is 15.3. The maximum atomic E-state index is 5.64. The molecule has 0 amide bonds. The molecule has 1 aliphatic rings. The third kappa shape index (κ3) is 3.28. The monoisotopic (exact) mass is 290 g/mol. The first-order valence-corrected chi connectivity index (χ1v) is 6.85. The fourth-order valence-electron chi connectivity index (χ4n) is 2.56. The topological polar surface area (TPSA) is 36.9 Å². The molecule has 0 bridgehead atoms. The van der Waals surface area contributed by atoms with E-state index in [1.807, 2.05) is 24.3 Å². The minimum absolute atomic E-state index is 0.0693. The van der Waals surface area contributed by atoms with Gasteiger partial charge in [0.25, 0.3) is 0 Å². The number of allylic oxidation sites excluding steroid dienone is 1. The second-order valence-electron chi connectivity index (χ2n) is 4.90. The van der Waals surface area contributed by atoms with Crippen molar-refractivity contribution < 1.29 is 18.9 Å². The second kappa shape index (κ2) is 6.78. The predicted octanol–water partition coefficient (Wildman–Crippen LogP) is 2.94. The normalized spacial score (nSPS) is 20.0. The molecule has 0 N–H and O–H groups in total. The van der Waals surface area contributed by atoms with E-state index in [-0.39, 0.29) is 5.92 Å². The van der Waals surface area contributed by atoms with Gasteiger partial charge in [-0.2, -0.15) is 0 Å². The number of hydrogen-bond donors (Lipinski definition) is 0. The fraction of sp³-hybridized carbons (Fsp3) is 0.412. The summed E-state index contributed by atoms with van der Waals surface area (Å²) in [5, 5.41) is 0. The van der Waals surface area contributed by atoms with Crippen molar-refractivity contribution in [2.24, 2.45) is 5.92 Å². The molecule has 0 saturated carbocycles. The van der Waals surface area contributed by atoms with Gasteiger partial charge in [-0.25, -0.2) is 0 Å². The summed E-state index contributed by atoms with van der Waals surface area (Å²) in [4.78, 5) is 0. The summed E-state index contributed by atoms with van der Waals surface area (Å²) in [6, 6.07) is 8.02. The van der Waals surface area contributed by atoms with Crippen LogP contribution in [0.1, 0.15) is 5.56 Å². The number of hydrogen-bond acceptors (Lipinski definition) is 4. The van der Waals surface area contributed by atoms with Gasteiger partial charge >= 0.3 is 0 Å². The van der Waals surface area contributed by atoms with E-state index in [0.717, 1.165) is 17.9 Å². The Labute approximate surface area is 126 Å². The van der Waals surface area contributed by atoms with Gasteiger partial charge in [-0.15, -0.1) is 0 Å². The molecule has 1 aromatic rings. The largest absolute Gasteiger partial charge is 0.497 e. The number of rotatable bonds is 6. The predicted molar refractivity (Wildman–Crippen MR) is 81.2 cm³/mol. The maximum absolute atomic E-state index is 5.64. The van der Waals surface area contributed by atoms with E-state index >= 15 is 0 Å². The van der Waals surface area contributed by atoms with Crippen molar-refractivity contribution in [1.82, 2.24) is 0 Å². The first kappa shape index (κ1) is 15.6. The molecule has 2 rings (SSSR count). The Hall–Kier alpha value is -1.78. The first-order valence-electron chi connectivity index (χ1n) is 6.85. The van der Waals surface area contributed by atoms with Crippen LogP contribution in [0.15, 0.2) is 48.3 Å². The summed E-state index contributed by atoms with van der Waals surface area (Å²) in [5.41, 5.74) is 1.19. The molecule has 1 unspecified atom stereocenters. The summed E-state index contributed by atoms with van der Waals surface area (Å²) in [5.74, 6) is 0.855. The Morgan fingerprint density at radius 1 is 0.952 bits per heavy atom. The van der Waals surface area contributed by atoms with Crippen molar-refractivity contribution >= 4 is 0 Å². The van der Waals surface area contributed by atoms with Gasteiger partial charge in [-0.1, -0.05) is 18.2 Å². The average Bonchev–Trinajstić information content (AvgIpc) is 2.56. The molecule has 0 spiro atoms. The van der Waals surface area contributed by atoms with Crippen LogP contribution in [0.5, 0.6) is 5.75 Å². The van der Waals surface area contributed by atoms with Crippen LogP contribution in [0, 0.1) is 5.92 Å².